The number of hydrogen-bond acceptors (Lipinski definition) is 4. The maximum atomic E-state index is 5.35. The Labute approximate surface area is 90.4 Å². The minimum absolute atomic E-state index is 0.0449. The predicted molar refractivity (Wildman–Crippen MR) is 57.6 cm³/mol. The molecular formula is C11H19N3O. The summed E-state index contributed by atoms with van der Waals surface area (Å²) in [5.41, 5.74) is -0.160. The average Bonchev–Trinajstić information content (AvgIpc) is 2.69. The summed E-state index contributed by atoms with van der Waals surface area (Å²) in [4.78, 5) is 4.50. The molecule has 1 aliphatic rings. The van der Waals surface area contributed by atoms with E-state index in [-0.39, 0.29) is 11.0 Å². The van der Waals surface area contributed by atoms with Crippen molar-refractivity contribution in [2.24, 2.45) is 0 Å². The van der Waals surface area contributed by atoms with Gasteiger partial charge in [-0.1, -0.05) is 25.9 Å². The summed E-state index contributed by atoms with van der Waals surface area (Å²) in [7, 11) is 0. The first kappa shape index (κ1) is 10.6. The fourth-order valence-corrected chi connectivity index (χ4v) is 1.83. The highest BCUT2D eigenvalue weighted by Gasteiger charge is 2.36. The second-order valence-corrected chi connectivity index (χ2v) is 5.54. The van der Waals surface area contributed by atoms with E-state index >= 15 is 0 Å². The van der Waals surface area contributed by atoms with Crippen molar-refractivity contribution in [3.8, 4) is 0 Å². The van der Waals surface area contributed by atoms with Crippen molar-refractivity contribution in [1.29, 1.82) is 0 Å². The van der Waals surface area contributed by atoms with Gasteiger partial charge < -0.3 is 9.84 Å². The maximum Gasteiger partial charge on any atom is 0.246 e. The number of aromatic nitrogens is 2. The molecule has 0 aliphatic carbocycles. The van der Waals surface area contributed by atoms with Crippen molar-refractivity contribution in [2.45, 2.75) is 51.5 Å². The SMILES string of the molecule is CC(C)(C)c1noc(C2(C)CCCN2)n1. The van der Waals surface area contributed by atoms with Crippen molar-refractivity contribution in [3.63, 3.8) is 0 Å². The Kier molecular flexibility index (Phi) is 2.34. The van der Waals surface area contributed by atoms with Gasteiger partial charge in [-0.3, -0.25) is 0 Å². The monoisotopic (exact) mass is 209 g/mol. The largest absolute Gasteiger partial charge is 0.337 e. The smallest absolute Gasteiger partial charge is 0.246 e. The fourth-order valence-electron chi connectivity index (χ4n) is 1.83. The van der Waals surface area contributed by atoms with Crippen LogP contribution in [0.5, 0.6) is 0 Å². The van der Waals surface area contributed by atoms with E-state index in [0.717, 1.165) is 24.7 Å². The lowest BCUT2D eigenvalue weighted by Crippen LogP contribution is -2.33. The van der Waals surface area contributed by atoms with Crippen LogP contribution in [0.3, 0.4) is 0 Å². The van der Waals surface area contributed by atoms with Gasteiger partial charge in [0.1, 0.15) is 0 Å². The first-order valence-electron chi connectivity index (χ1n) is 5.51. The Morgan fingerprint density at radius 2 is 2.13 bits per heavy atom. The standard InChI is InChI=1S/C11H19N3O/c1-10(2,3)8-13-9(15-14-8)11(4)6-5-7-12-11/h12H,5-7H2,1-4H3. The molecule has 0 spiro atoms. The van der Waals surface area contributed by atoms with Gasteiger partial charge in [-0.15, -0.1) is 0 Å². The lowest BCUT2D eigenvalue weighted by Gasteiger charge is -2.18. The van der Waals surface area contributed by atoms with E-state index in [0.29, 0.717) is 0 Å². The number of hydrogen-bond donors (Lipinski definition) is 1. The lowest BCUT2D eigenvalue weighted by atomic mass is 9.95. The van der Waals surface area contributed by atoms with Crippen molar-refractivity contribution in [3.05, 3.63) is 11.7 Å². The van der Waals surface area contributed by atoms with Crippen molar-refractivity contribution in [1.82, 2.24) is 15.5 Å². The molecular weight excluding hydrogens is 190 g/mol. The summed E-state index contributed by atoms with van der Waals surface area (Å²) in [5.74, 6) is 1.51. The van der Waals surface area contributed by atoms with Crippen LogP contribution in [0.25, 0.3) is 0 Å². The minimum Gasteiger partial charge on any atom is -0.337 e. The second kappa shape index (κ2) is 3.30. The van der Waals surface area contributed by atoms with Crippen LogP contribution in [0.1, 0.15) is 52.3 Å². The van der Waals surface area contributed by atoms with Crippen LogP contribution in [0.2, 0.25) is 0 Å². The quantitative estimate of drug-likeness (QED) is 0.768. The van der Waals surface area contributed by atoms with Crippen LogP contribution >= 0.6 is 0 Å². The van der Waals surface area contributed by atoms with Gasteiger partial charge in [0.25, 0.3) is 0 Å². The zero-order chi connectivity index (χ0) is 11.1. The van der Waals surface area contributed by atoms with E-state index in [9.17, 15) is 0 Å². The van der Waals surface area contributed by atoms with Gasteiger partial charge in [0.15, 0.2) is 5.82 Å². The zero-order valence-corrected chi connectivity index (χ0v) is 9.92. The van der Waals surface area contributed by atoms with Crippen LogP contribution in [-0.4, -0.2) is 16.7 Å². The molecule has 0 amide bonds. The highest BCUT2D eigenvalue weighted by Crippen LogP contribution is 2.30. The molecule has 2 rings (SSSR count). The predicted octanol–water partition coefficient (Wildman–Crippen LogP) is 1.97. The Bertz CT molecular complexity index is 345. The van der Waals surface area contributed by atoms with Gasteiger partial charge in [0.05, 0.1) is 5.54 Å². The van der Waals surface area contributed by atoms with Crippen LogP contribution in [-0.2, 0) is 11.0 Å². The summed E-state index contributed by atoms with van der Waals surface area (Å²) < 4.78 is 5.35. The number of nitrogens with one attached hydrogen (secondary N) is 1. The zero-order valence-electron chi connectivity index (χ0n) is 9.92. The van der Waals surface area contributed by atoms with Crippen molar-refractivity contribution < 1.29 is 4.52 Å². The number of nitrogens with zero attached hydrogens (tertiary/aromatic N) is 2. The third-order valence-electron chi connectivity index (χ3n) is 2.94. The summed E-state index contributed by atoms with van der Waals surface area (Å²) in [6.07, 6.45) is 2.24. The van der Waals surface area contributed by atoms with Gasteiger partial charge in [-0.25, -0.2) is 0 Å². The topological polar surface area (TPSA) is 51.0 Å². The van der Waals surface area contributed by atoms with Crippen LogP contribution < -0.4 is 5.32 Å². The Hall–Kier alpha value is -0.900. The van der Waals surface area contributed by atoms with E-state index in [4.69, 9.17) is 4.52 Å². The maximum absolute atomic E-state index is 5.35. The van der Waals surface area contributed by atoms with E-state index in [1.165, 1.54) is 6.42 Å². The van der Waals surface area contributed by atoms with Crippen molar-refractivity contribution >= 4 is 0 Å². The van der Waals surface area contributed by atoms with E-state index < -0.39 is 0 Å². The number of rotatable bonds is 1. The minimum atomic E-state index is -0.115. The summed E-state index contributed by atoms with van der Waals surface area (Å²) in [6.45, 7) is 9.42. The lowest BCUT2D eigenvalue weighted by molar-refractivity contribution is 0.272. The third-order valence-corrected chi connectivity index (χ3v) is 2.94. The van der Waals surface area contributed by atoms with Gasteiger partial charge in [0.2, 0.25) is 5.89 Å². The summed E-state index contributed by atoms with van der Waals surface area (Å²) in [6, 6.07) is 0. The first-order chi connectivity index (χ1) is 6.92. The van der Waals surface area contributed by atoms with E-state index in [1.54, 1.807) is 0 Å². The molecule has 15 heavy (non-hydrogen) atoms. The molecule has 0 bridgehead atoms. The normalized spacial score (nSPS) is 27.2. The van der Waals surface area contributed by atoms with Crippen LogP contribution in [0.4, 0.5) is 0 Å². The molecule has 2 heterocycles. The van der Waals surface area contributed by atoms with Crippen LogP contribution in [0.15, 0.2) is 4.52 Å². The molecule has 0 radical (unpaired) electrons. The molecule has 1 N–H and O–H groups in total. The Balaban J connectivity index is 2.27. The van der Waals surface area contributed by atoms with E-state index in [2.05, 4.69) is 43.2 Å². The van der Waals surface area contributed by atoms with Crippen LogP contribution in [0, 0.1) is 0 Å². The highest BCUT2D eigenvalue weighted by molar-refractivity contribution is 5.08. The molecule has 1 fully saturated rings. The Morgan fingerprint density at radius 1 is 1.40 bits per heavy atom. The molecule has 0 saturated carbocycles. The molecule has 1 atom stereocenters. The Morgan fingerprint density at radius 3 is 2.60 bits per heavy atom. The molecule has 4 heteroatoms. The summed E-state index contributed by atoms with van der Waals surface area (Å²) >= 11 is 0. The fraction of sp³-hybridized carbons (Fsp3) is 0.818. The van der Waals surface area contributed by atoms with Gasteiger partial charge in [0, 0.05) is 5.41 Å². The molecule has 1 aromatic heterocycles. The molecule has 1 unspecified atom stereocenters. The molecule has 1 aliphatic heterocycles. The van der Waals surface area contributed by atoms with Crippen molar-refractivity contribution in [2.75, 3.05) is 6.54 Å². The molecule has 84 valence electrons. The van der Waals surface area contributed by atoms with Gasteiger partial charge in [-0.05, 0) is 26.3 Å². The van der Waals surface area contributed by atoms with Gasteiger partial charge in [-0.2, -0.15) is 4.98 Å². The third kappa shape index (κ3) is 1.91. The molecule has 1 aromatic rings. The highest BCUT2D eigenvalue weighted by atomic mass is 16.5. The summed E-state index contributed by atoms with van der Waals surface area (Å²) in [5, 5.41) is 7.47. The van der Waals surface area contributed by atoms with Gasteiger partial charge >= 0.3 is 0 Å². The molecule has 1 saturated heterocycles. The average molecular weight is 209 g/mol. The molecule has 0 aromatic carbocycles. The molecule has 4 nitrogen and oxygen atoms in total. The first-order valence-corrected chi connectivity index (χ1v) is 5.51. The van der Waals surface area contributed by atoms with E-state index in [1.807, 2.05) is 0 Å². The second-order valence-electron chi connectivity index (χ2n) is 5.54.